The van der Waals surface area contributed by atoms with Gasteiger partial charge in [-0.1, -0.05) is 18.2 Å². The zero-order valence-corrected chi connectivity index (χ0v) is 11.0. The largest absolute Gasteiger partial charge is 0.478 e. The lowest BCUT2D eigenvalue weighted by atomic mass is 10.0. The molecule has 21 heavy (non-hydrogen) atoms. The van der Waals surface area contributed by atoms with Gasteiger partial charge in [0.2, 0.25) is 0 Å². The summed E-state index contributed by atoms with van der Waals surface area (Å²) in [7, 11) is 0. The number of aromatic carboxylic acids is 1. The lowest BCUT2D eigenvalue weighted by molar-refractivity contribution is 0.0696. The molecule has 0 radical (unpaired) electrons. The standard InChI is InChI=1S/C17H11NO3/c19-10-11-7-15-8-14(5-6-16(15)18-9-11)12-1-3-13(4-2-12)17(20)21/h1-10H,(H,20,21). The predicted octanol–water partition coefficient (Wildman–Crippen LogP) is 3.41. The smallest absolute Gasteiger partial charge is 0.335 e. The molecule has 1 heterocycles. The summed E-state index contributed by atoms with van der Waals surface area (Å²) < 4.78 is 0. The molecule has 0 bridgehead atoms. The monoisotopic (exact) mass is 277 g/mol. The van der Waals surface area contributed by atoms with Crippen LogP contribution in [0.1, 0.15) is 20.7 Å². The number of carboxylic acid groups (broad SMARTS) is 1. The van der Waals surface area contributed by atoms with Crippen molar-refractivity contribution >= 4 is 23.2 Å². The fourth-order valence-corrected chi connectivity index (χ4v) is 2.20. The minimum atomic E-state index is -0.945. The minimum Gasteiger partial charge on any atom is -0.478 e. The van der Waals surface area contributed by atoms with Crippen molar-refractivity contribution in [2.45, 2.75) is 0 Å². The number of hydrogen-bond acceptors (Lipinski definition) is 3. The highest BCUT2D eigenvalue weighted by Crippen LogP contribution is 2.24. The van der Waals surface area contributed by atoms with Crippen LogP contribution in [0.2, 0.25) is 0 Å². The van der Waals surface area contributed by atoms with Gasteiger partial charge in [-0.15, -0.1) is 0 Å². The van der Waals surface area contributed by atoms with Gasteiger partial charge in [-0.3, -0.25) is 9.78 Å². The number of fused-ring (bicyclic) bond motifs is 1. The Labute approximate surface area is 120 Å². The van der Waals surface area contributed by atoms with E-state index in [1.807, 2.05) is 18.2 Å². The summed E-state index contributed by atoms with van der Waals surface area (Å²) in [6, 6.07) is 14.2. The van der Waals surface area contributed by atoms with E-state index in [1.54, 1.807) is 30.3 Å². The summed E-state index contributed by atoms with van der Waals surface area (Å²) in [5.74, 6) is -0.945. The molecule has 4 heteroatoms. The molecule has 0 spiro atoms. The lowest BCUT2D eigenvalue weighted by Crippen LogP contribution is -1.95. The summed E-state index contributed by atoms with van der Waals surface area (Å²) in [5.41, 5.74) is 3.46. The van der Waals surface area contributed by atoms with E-state index in [-0.39, 0.29) is 5.56 Å². The number of pyridine rings is 1. The summed E-state index contributed by atoms with van der Waals surface area (Å²) in [4.78, 5) is 25.9. The topological polar surface area (TPSA) is 67.3 Å². The fourth-order valence-electron chi connectivity index (χ4n) is 2.20. The average molecular weight is 277 g/mol. The fraction of sp³-hybridized carbons (Fsp3) is 0. The molecule has 0 aliphatic carbocycles. The Morgan fingerprint density at radius 3 is 2.38 bits per heavy atom. The number of nitrogens with zero attached hydrogens (tertiary/aromatic N) is 1. The van der Waals surface area contributed by atoms with Gasteiger partial charge in [0.1, 0.15) is 0 Å². The zero-order chi connectivity index (χ0) is 14.8. The molecule has 3 aromatic rings. The van der Waals surface area contributed by atoms with Crippen molar-refractivity contribution in [3.8, 4) is 11.1 Å². The molecule has 0 amide bonds. The highest BCUT2D eigenvalue weighted by Gasteiger charge is 2.05. The van der Waals surface area contributed by atoms with E-state index in [0.717, 1.165) is 28.3 Å². The molecule has 0 saturated heterocycles. The number of carbonyl (C=O) groups is 2. The van der Waals surface area contributed by atoms with Gasteiger partial charge in [-0.05, 0) is 41.5 Å². The maximum atomic E-state index is 10.9. The van der Waals surface area contributed by atoms with Crippen LogP contribution >= 0.6 is 0 Å². The van der Waals surface area contributed by atoms with Crippen molar-refractivity contribution in [2.75, 3.05) is 0 Å². The zero-order valence-electron chi connectivity index (χ0n) is 11.0. The van der Waals surface area contributed by atoms with Crippen LogP contribution in [-0.2, 0) is 0 Å². The van der Waals surface area contributed by atoms with Gasteiger partial charge in [-0.25, -0.2) is 4.79 Å². The molecule has 4 nitrogen and oxygen atoms in total. The maximum Gasteiger partial charge on any atom is 0.335 e. The van der Waals surface area contributed by atoms with Gasteiger partial charge in [0.05, 0.1) is 11.1 Å². The number of aromatic nitrogens is 1. The first-order valence-corrected chi connectivity index (χ1v) is 6.36. The predicted molar refractivity (Wildman–Crippen MR) is 79.5 cm³/mol. The molecule has 0 unspecified atom stereocenters. The molecule has 0 fully saturated rings. The Bertz CT molecular complexity index is 838. The molecule has 1 N–H and O–H groups in total. The second-order valence-corrected chi connectivity index (χ2v) is 4.68. The summed E-state index contributed by atoms with van der Waals surface area (Å²) in [6.07, 6.45) is 2.30. The molecule has 3 rings (SSSR count). The Morgan fingerprint density at radius 1 is 1.00 bits per heavy atom. The summed E-state index contributed by atoms with van der Waals surface area (Å²) >= 11 is 0. The van der Waals surface area contributed by atoms with Gasteiger partial charge < -0.3 is 5.11 Å². The van der Waals surface area contributed by atoms with Crippen molar-refractivity contribution in [2.24, 2.45) is 0 Å². The number of carboxylic acids is 1. The van der Waals surface area contributed by atoms with Crippen LogP contribution in [0.15, 0.2) is 54.7 Å². The molecular weight excluding hydrogens is 266 g/mol. The normalized spacial score (nSPS) is 10.5. The maximum absolute atomic E-state index is 10.9. The van der Waals surface area contributed by atoms with E-state index in [0.29, 0.717) is 5.56 Å². The highest BCUT2D eigenvalue weighted by molar-refractivity contribution is 5.90. The van der Waals surface area contributed by atoms with E-state index in [9.17, 15) is 9.59 Å². The van der Waals surface area contributed by atoms with Crippen molar-refractivity contribution in [3.63, 3.8) is 0 Å². The molecule has 0 saturated carbocycles. The lowest BCUT2D eigenvalue weighted by Gasteiger charge is -2.05. The van der Waals surface area contributed by atoms with E-state index in [1.165, 1.54) is 6.20 Å². The van der Waals surface area contributed by atoms with Gasteiger partial charge >= 0.3 is 5.97 Å². The van der Waals surface area contributed by atoms with Crippen LogP contribution in [-0.4, -0.2) is 22.3 Å². The molecule has 0 aliphatic heterocycles. The molecule has 2 aromatic carbocycles. The van der Waals surface area contributed by atoms with Crippen molar-refractivity contribution in [1.82, 2.24) is 4.98 Å². The van der Waals surface area contributed by atoms with Crippen LogP contribution < -0.4 is 0 Å². The quantitative estimate of drug-likeness (QED) is 0.745. The van der Waals surface area contributed by atoms with E-state index < -0.39 is 5.97 Å². The van der Waals surface area contributed by atoms with Gasteiger partial charge in [0.25, 0.3) is 0 Å². The second-order valence-electron chi connectivity index (χ2n) is 4.68. The minimum absolute atomic E-state index is 0.254. The number of hydrogen-bond donors (Lipinski definition) is 1. The Hall–Kier alpha value is -3.01. The van der Waals surface area contributed by atoms with Crippen LogP contribution in [0.25, 0.3) is 22.0 Å². The Morgan fingerprint density at radius 2 is 1.71 bits per heavy atom. The first-order valence-electron chi connectivity index (χ1n) is 6.36. The van der Waals surface area contributed by atoms with Gasteiger partial charge in [-0.2, -0.15) is 0 Å². The highest BCUT2D eigenvalue weighted by atomic mass is 16.4. The third-order valence-corrected chi connectivity index (χ3v) is 3.30. The van der Waals surface area contributed by atoms with Crippen LogP contribution in [0.5, 0.6) is 0 Å². The van der Waals surface area contributed by atoms with Crippen LogP contribution in [0, 0.1) is 0 Å². The summed E-state index contributed by atoms with van der Waals surface area (Å²) in [6.45, 7) is 0. The third-order valence-electron chi connectivity index (χ3n) is 3.30. The van der Waals surface area contributed by atoms with Crippen molar-refractivity contribution in [1.29, 1.82) is 0 Å². The first-order chi connectivity index (χ1) is 10.2. The van der Waals surface area contributed by atoms with E-state index >= 15 is 0 Å². The van der Waals surface area contributed by atoms with Crippen LogP contribution in [0.4, 0.5) is 0 Å². The molecular formula is C17H11NO3. The van der Waals surface area contributed by atoms with Crippen molar-refractivity contribution < 1.29 is 14.7 Å². The number of carbonyl (C=O) groups excluding carboxylic acids is 1. The Kier molecular flexibility index (Phi) is 3.20. The molecule has 0 atom stereocenters. The van der Waals surface area contributed by atoms with E-state index in [2.05, 4.69) is 4.98 Å². The number of benzene rings is 2. The third kappa shape index (κ3) is 2.51. The number of rotatable bonds is 3. The van der Waals surface area contributed by atoms with Crippen molar-refractivity contribution in [3.05, 3.63) is 65.9 Å². The van der Waals surface area contributed by atoms with Gasteiger partial charge in [0.15, 0.2) is 6.29 Å². The number of aldehydes is 1. The van der Waals surface area contributed by atoms with E-state index in [4.69, 9.17) is 5.11 Å². The summed E-state index contributed by atoms with van der Waals surface area (Å²) in [5, 5.41) is 9.78. The molecule has 1 aromatic heterocycles. The second kappa shape index (κ2) is 5.17. The SMILES string of the molecule is O=Cc1cnc2ccc(-c3ccc(C(=O)O)cc3)cc2c1. The molecule has 102 valence electrons. The molecule has 0 aliphatic rings. The van der Waals surface area contributed by atoms with Crippen LogP contribution in [0.3, 0.4) is 0 Å². The average Bonchev–Trinajstić information content (AvgIpc) is 2.53. The van der Waals surface area contributed by atoms with Gasteiger partial charge in [0, 0.05) is 17.1 Å². The Balaban J connectivity index is 2.07. The first kappa shape index (κ1) is 13.0.